The van der Waals surface area contributed by atoms with Crippen LogP contribution in [0.1, 0.15) is 45.2 Å². The van der Waals surface area contributed by atoms with Crippen LogP contribution in [0.15, 0.2) is 29.3 Å². The van der Waals surface area contributed by atoms with Crippen LogP contribution >= 0.6 is 24.0 Å². The van der Waals surface area contributed by atoms with Gasteiger partial charge in [-0.3, -0.25) is 4.99 Å². The molecule has 28 heavy (non-hydrogen) atoms. The van der Waals surface area contributed by atoms with Gasteiger partial charge >= 0.3 is 6.09 Å². The number of amides is 1. The molecule has 0 saturated carbocycles. The summed E-state index contributed by atoms with van der Waals surface area (Å²) in [5.41, 5.74) is 2.16. The number of aryl methyl sites for hydroxylation is 1. The van der Waals surface area contributed by atoms with E-state index in [9.17, 15) is 4.79 Å². The molecule has 1 aromatic carbocycles. The predicted octanol–water partition coefficient (Wildman–Crippen LogP) is 3.72. The molecule has 1 saturated heterocycles. The number of halogens is 1. The van der Waals surface area contributed by atoms with E-state index in [0.29, 0.717) is 0 Å². The maximum absolute atomic E-state index is 12.0. The highest BCUT2D eigenvalue weighted by Crippen LogP contribution is 2.13. The van der Waals surface area contributed by atoms with Crippen molar-refractivity contribution in [3.63, 3.8) is 0 Å². The van der Waals surface area contributed by atoms with Gasteiger partial charge in [-0.15, -0.1) is 24.0 Å². The van der Waals surface area contributed by atoms with Gasteiger partial charge in [-0.05, 0) is 58.6 Å². The Morgan fingerprint density at radius 1 is 1.32 bits per heavy atom. The zero-order valence-electron chi connectivity index (χ0n) is 17.7. The maximum atomic E-state index is 12.0. The van der Waals surface area contributed by atoms with Crippen molar-refractivity contribution < 1.29 is 9.53 Å². The Morgan fingerprint density at radius 2 is 2.04 bits per heavy atom. The van der Waals surface area contributed by atoms with Gasteiger partial charge in [-0.2, -0.15) is 0 Å². The third-order valence-electron chi connectivity index (χ3n) is 4.45. The van der Waals surface area contributed by atoms with Crippen LogP contribution in [0.25, 0.3) is 0 Å². The highest BCUT2D eigenvalue weighted by Gasteiger charge is 2.27. The largest absolute Gasteiger partial charge is 0.444 e. The topological polar surface area (TPSA) is 66.0 Å². The molecule has 0 radical (unpaired) electrons. The molecule has 1 heterocycles. The Balaban J connectivity index is 0.00000392. The number of ether oxygens (including phenoxy) is 1. The van der Waals surface area contributed by atoms with E-state index < -0.39 is 5.60 Å². The van der Waals surface area contributed by atoms with E-state index >= 15 is 0 Å². The second-order valence-electron chi connectivity index (χ2n) is 7.99. The lowest BCUT2D eigenvalue weighted by Crippen LogP contribution is -2.44. The van der Waals surface area contributed by atoms with Crippen LogP contribution in [0.5, 0.6) is 0 Å². The molecular weight excluding hydrogens is 467 g/mol. The second kappa shape index (κ2) is 11.5. The minimum absolute atomic E-state index is 0. The average molecular weight is 502 g/mol. The minimum atomic E-state index is -0.478. The summed E-state index contributed by atoms with van der Waals surface area (Å²) in [6, 6.07) is 8.52. The monoisotopic (exact) mass is 502 g/mol. The molecule has 0 aliphatic carbocycles. The molecule has 1 aliphatic rings. The summed E-state index contributed by atoms with van der Waals surface area (Å²) in [7, 11) is 0. The number of benzene rings is 1. The van der Waals surface area contributed by atoms with Crippen LogP contribution < -0.4 is 10.6 Å². The molecular formula is C21H35IN4O2. The quantitative estimate of drug-likeness (QED) is 0.366. The Morgan fingerprint density at radius 3 is 2.68 bits per heavy atom. The SMILES string of the molecule is CCNC(=NCCc1ccccc1C)N1CC[C@@H](NC(=O)OC(C)(C)C)C1.I. The van der Waals surface area contributed by atoms with E-state index in [1.165, 1.54) is 11.1 Å². The van der Waals surface area contributed by atoms with Crippen molar-refractivity contribution in [3.05, 3.63) is 35.4 Å². The van der Waals surface area contributed by atoms with E-state index in [1.807, 2.05) is 20.8 Å². The van der Waals surface area contributed by atoms with Crippen molar-refractivity contribution in [2.45, 2.75) is 59.1 Å². The number of hydrogen-bond donors (Lipinski definition) is 2. The standard InChI is InChI=1S/C21H34N4O2.HI/c1-6-22-19(23-13-11-17-10-8-7-9-16(17)2)25-14-12-18(15-25)24-20(26)27-21(3,4)5;/h7-10,18H,6,11-15H2,1-5H3,(H,22,23)(H,24,26);1H/t18-;/m1./s1. The van der Waals surface area contributed by atoms with Crippen LogP contribution in [0.4, 0.5) is 4.79 Å². The highest BCUT2D eigenvalue weighted by molar-refractivity contribution is 14.0. The summed E-state index contributed by atoms with van der Waals surface area (Å²) in [5, 5.41) is 6.34. The lowest BCUT2D eigenvalue weighted by atomic mass is 10.1. The third kappa shape index (κ3) is 8.24. The number of guanidine groups is 1. The molecule has 1 amide bonds. The summed E-state index contributed by atoms with van der Waals surface area (Å²) in [6.07, 6.45) is 1.46. The molecule has 1 aliphatic heterocycles. The van der Waals surface area contributed by atoms with Gasteiger partial charge in [0.2, 0.25) is 0 Å². The van der Waals surface area contributed by atoms with Crippen LogP contribution in [-0.2, 0) is 11.2 Å². The van der Waals surface area contributed by atoms with E-state index in [4.69, 9.17) is 9.73 Å². The minimum Gasteiger partial charge on any atom is -0.444 e. The number of alkyl carbamates (subject to hydrolysis) is 1. The Hall–Kier alpha value is -1.51. The Kier molecular flexibility index (Phi) is 10.1. The second-order valence-corrected chi connectivity index (χ2v) is 7.99. The first-order valence-electron chi connectivity index (χ1n) is 9.86. The average Bonchev–Trinajstić information content (AvgIpc) is 3.02. The van der Waals surface area contributed by atoms with Gasteiger partial charge in [-0.25, -0.2) is 4.79 Å². The molecule has 158 valence electrons. The van der Waals surface area contributed by atoms with Gasteiger partial charge in [0.15, 0.2) is 5.96 Å². The van der Waals surface area contributed by atoms with Gasteiger partial charge in [0.05, 0.1) is 6.04 Å². The fourth-order valence-electron chi connectivity index (χ4n) is 3.14. The maximum Gasteiger partial charge on any atom is 0.407 e. The highest BCUT2D eigenvalue weighted by atomic mass is 127. The van der Waals surface area contributed by atoms with Crippen LogP contribution in [0, 0.1) is 6.92 Å². The number of nitrogens with one attached hydrogen (secondary N) is 2. The number of carbonyl (C=O) groups excluding carboxylic acids is 1. The summed E-state index contributed by atoms with van der Waals surface area (Å²) in [6.45, 7) is 13.0. The van der Waals surface area contributed by atoms with Gasteiger partial charge in [0, 0.05) is 26.2 Å². The zero-order chi connectivity index (χ0) is 19.9. The molecule has 0 spiro atoms. The van der Waals surface area contributed by atoms with Crippen molar-refractivity contribution in [2.75, 3.05) is 26.2 Å². The summed E-state index contributed by atoms with van der Waals surface area (Å²) in [5.74, 6) is 0.916. The Labute approximate surface area is 186 Å². The van der Waals surface area contributed by atoms with Crippen molar-refractivity contribution in [1.29, 1.82) is 0 Å². The predicted molar refractivity (Wildman–Crippen MR) is 126 cm³/mol. The van der Waals surface area contributed by atoms with E-state index in [-0.39, 0.29) is 36.1 Å². The van der Waals surface area contributed by atoms with Gasteiger partial charge in [0.25, 0.3) is 0 Å². The van der Waals surface area contributed by atoms with E-state index in [2.05, 4.69) is 53.6 Å². The number of aliphatic imine (C=N–C) groups is 1. The van der Waals surface area contributed by atoms with Crippen molar-refractivity contribution >= 4 is 36.0 Å². The normalized spacial score (nSPS) is 17.1. The van der Waals surface area contributed by atoms with Crippen molar-refractivity contribution in [1.82, 2.24) is 15.5 Å². The van der Waals surface area contributed by atoms with E-state index in [0.717, 1.165) is 45.0 Å². The molecule has 7 heteroatoms. The zero-order valence-corrected chi connectivity index (χ0v) is 20.1. The lowest BCUT2D eigenvalue weighted by molar-refractivity contribution is 0.0507. The van der Waals surface area contributed by atoms with E-state index in [1.54, 1.807) is 0 Å². The Bertz CT molecular complexity index is 658. The first-order chi connectivity index (χ1) is 12.8. The number of rotatable bonds is 5. The van der Waals surface area contributed by atoms with Crippen LogP contribution in [0.2, 0.25) is 0 Å². The van der Waals surface area contributed by atoms with Crippen molar-refractivity contribution in [2.24, 2.45) is 4.99 Å². The molecule has 6 nitrogen and oxygen atoms in total. The van der Waals surface area contributed by atoms with Crippen molar-refractivity contribution in [3.8, 4) is 0 Å². The van der Waals surface area contributed by atoms with Gasteiger partial charge in [0.1, 0.15) is 5.60 Å². The molecule has 2 rings (SSSR count). The summed E-state index contributed by atoms with van der Waals surface area (Å²) in [4.78, 5) is 19.0. The smallest absolute Gasteiger partial charge is 0.407 e. The van der Waals surface area contributed by atoms with Crippen LogP contribution in [-0.4, -0.2) is 54.8 Å². The fourth-order valence-corrected chi connectivity index (χ4v) is 3.14. The lowest BCUT2D eigenvalue weighted by Gasteiger charge is -2.23. The number of carbonyl (C=O) groups is 1. The molecule has 0 unspecified atom stereocenters. The number of likely N-dealkylation sites (tertiary alicyclic amines) is 1. The molecule has 0 bridgehead atoms. The van der Waals surface area contributed by atoms with Gasteiger partial charge < -0.3 is 20.3 Å². The molecule has 1 aromatic rings. The first-order valence-corrected chi connectivity index (χ1v) is 9.86. The summed E-state index contributed by atoms with van der Waals surface area (Å²) < 4.78 is 5.35. The number of nitrogens with zero attached hydrogens (tertiary/aromatic N) is 2. The van der Waals surface area contributed by atoms with Gasteiger partial charge in [-0.1, -0.05) is 24.3 Å². The molecule has 2 N–H and O–H groups in total. The first kappa shape index (κ1) is 24.5. The summed E-state index contributed by atoms with van der Waals surface area (Å²) >= 11 is 0. The molecule has 1 atom stereocenters. The molecule has 1 fully saturated rings. The molecule has 0 aromatic heterocycles. The fraction of sp³-hybridized carbons (Fsp3) is 0.619. The number of hydrogen-bond acceptors (Lipinski definition) is 3. The van der Waals surface area contributed by atoms with Crippen LogP contribution in [0.3, 0.4) is 0 Å². The third-order valence-corrected chi connectivity index (χ3v) is 4.45.